The third-order valence-electron chi connectivity index (χ3n) is 2.47. The molecule has 2 nitrogen and oxygen atoms in total. The highest BCUT2D eigenvalue weighted by Crippen LogP contribution is 2.19. The van der Waals surface area contributed by atoms with E-state index < -0.39 is 0 Å². The quantitative estimate of drug-likeness (QED) is 0.803. The van der Waals surface area contributed by atoms with E-state index in [1.54, 1.807) is 0 Å². The van der Waals surface area contributed by atoms with Gasteiger partial charge in [0.25, 0.3) is 0 Å². The predicted octanol–water partition coefficient (Wildman–Crippen LogP) is 3.13. The summed E-state index contributed by atoms with van der Waals surface area (Å²) in [5.41, 5.74) is 8.51. The van der Waals surface area contributed by atoms with Gasteiger partial charge in [0.1, 0.15) is 0 Å². The van der Waals surface area contributed by atoms with E-state index in [1.165, 1.54) is 0 Å². The Morgan fingerprint density at radius 3 is 2.44 bits per heavy atom. The van der Waals surface area contributed by atoms with E-state index in [9.17, 15) is 0 Å². The molecule has 0 atom stereocenters. The van der Waals surface area contributed by atoms with Gasteiger partial charge in [-0.15, -0.1) is 0 Å². The number of nitrogens with two attached hydrogens (primary N) is 1. The molecule has 18 heavy (non-hydrogen) atoms. The van der Waals surface area contributed by atoms with Crippen molar-refractivity contribution >= 4 is 11.4 Å². The smallest absolute Gasteiger partial charge is 0.0543 e. The van der Waals surface area contributed by atoms with Crippen molar-refractivity contribution in [1.29, 1.82) is 0 Å². The fourth-order valence-corrected chi connectivity index (χ4v) is 1.61. The summed E-state index contributed by atoms with van der Waals surface area (Å²) < 4.78 is 0. The van der Waals surface area contributed by atoms with Gasteiger partial charge in [0.2, 0.25) is 0 Å². The van der Waals surface area contributed by atoms with Crippen LogP contribution in [0.3, 0.4) is 0 Å². The Morgan fingerprint density at radius 1 is 0.944 bits per heavy atom. The summed E-state index contributed by atoms with van der Waals surface area (Å²) in [6.45, 7) is 0.598. The maximum absolute atomic E-state index is 5.44. The highest BCUT2D eigenvalue weighted by molar-refractivity contribution is 5.67. The van der Waals surface area contributed by atoms with Crippen molar-refractivity contribution in [3.63, 3.8) is 0 Å². The van der Waals surface area contributed by atoms with Crippen molar-refractivity contribution in [2.75, 3.05) is 11.9 Å². The predicted molar refractivity (Wildman–Crippen MR) is 76.7 cm³/mol. The molecule has 0 heterocycles. The molecule has 2 aromatic carbocycles. The van der Waals surface area contributed by atoms with Crippen LogP contribution in [0.4, 0.5) is 11.4 Å². The van der Waals surface area contributed by atoms with Crippen molar-refractivity contribution in [2.24, 2.45) is 5.73 Å². The fourth-order valence-electron chi connectivity index (χ4n) is 1.61. The van der Waals surface area contributed by atoms with E-state index in [1.807, 2.05) is 54.6 Å². The van der Waals surface area contributed by atoms with Crippen molar-refractivity contribution in [3.05, 3.63) is 60.2 Å². The minimum atomic E-state index is 0.598. The van der Waals surface area contributed by atoms with Crippen LogP contribution in [0.25, 0.3) is 0 Å². The molecular formula is C16H16N2. The van der Waals surface area contributed by atoms with E-state index in [4.69, 9.17) is 5.73 Å². The highest BCUT2D eigenvalue weighted by atomic mass is 14.9. The Morgan fingerprint density at radius 2 is 1.67 bits per heavy atom. The lowest BCUT2D eigenvalue weighted by atomic mass is 10.1. The molecule has 2 heteroatoms. The lowest BCUT2D eigenvalue weighted by Crippen LogP contribution is -1.96. The zero-order chi connectivity index (χ0) is 12.6. The third-order valence-corrected chi connectivity index (χ3v) is 2.47. The van der Waals surface area contributed by atoms with Gasteiger partial charge in [-0.1, -0.05) is 42.2 Å². The van der Waals surface area contributed by atoms with Crippen LogP contribution < -0.4 is 11.1 Å². The van der Waals surface area contributed by atoms with Crippen LogP contribution in [-0.4, -0.2) is 6.54 Å². The zero-order valence-electron chi connectivity index (χ0n) is 10.2. The Kier molecular flexibility index (Phi) is 4.40. The second-order valence-electron chi connectivity index (χ2n) is 3.88. The van der Waals surface area contributed by atoms with E-state index in [0.29, 0.717) is 6.54 Å². The molecule has 90 valence electrons. The fraction of sp³-hybridized carbons (Fsp3) is 0.125. The summed E-state index contributed by atoms with van der Waals surface area (Å²) >= 11 is 0. The Hall–Kier alpha value is -2.24. The van der Waals surface area contributed by atoms with Gasteiger partial charge in [-0.2, -0.15) is 0 Å². The van der Waals surface area contributed by atoms with Crippen molar-refractivity contribution in [3.8, 4) is 11.8 Å². The molecule has 0 amide bonds. The number of benzene rings is 2. The lowest BCUT2D eigenvalue weighted by Gasteiger charge is -2.08. The SMILES string of the molecule is NCCC#Cc1ccccc1Nc1ccccc1. The monoisotopic (exact) mass is 236 g/mol. The summed E-state index contributed by atoms with van der Waals surface area (Å²) in [6.07, 6.45) is 0.722. The minimum Gasteiger partial charge on any atom is -0.355 e. The number of rotatable bonds is 3. The van der Waals surface area contributed by atoms with Crippen LogP contribution in [-0.2, 0) is 0 Å². The first-order valence-corrected chi connectivity index (χ1v) is 6.00. The zero-order valence-corrected chi connectivity index (χ0v) is 10.2. The molecule has 3 N–H and O–H groups in total. The van der Waals surface area contributed by atoms with Crippen LogP contribution in [0.1, 0.15) is 12.0 Å². The number of hydrogen-bond acceptors (Lipinski definition) is 2. The molecule has 0 fully saturated rings. The molecule has 2 aromatic rings. The van der Waals surface area contributed by atoms with Crippen LogP contribution in [0.15, 0.2) is 54.6 Å². The summed E-state index contributed by atoms with van der Waals surface area (Å²) in [7, 11) is 0. The lowest BCUT2D eigenvalue weighted by molar-refractivity contribution is 1.03. The summed E-state index contributed by atoms with van der Waals surface area (Å²) in [4.78, 5) is 0. The molecule has 0 radical (unpaired) electrons. The Labute approximate surface area is 108 Å². The second-order valence-corrected chi connectivity index (χ2v) is 3.88. The van der Waals surface area contributed by atoms with Gasteiger partial charge in [-0.3, -0.25) is 0 Å². The molecule has 0 saturated carbocycles. The molecule has 0 aliphatic rings. The summed E-state index contributed by atoms with van der Waals surface area (Å²) in [6, 6.07) is 18.1. The maximum atomic E-state index is 5.44. The molecule has 0 aliphatic carbocycles. The van der Waals surface area contributed by atoms with E-state index in [-0.39, 0.29) is 0 Å². The molecule has 0 aromatic heterocycles. The van der Waals surface area contributed by atoms with Gasteiger partial charge in [-0.05, 0) is 24.3 Å². The average molecular weight is 236 g/mol. The van der Waals surface area contributed by atoms with E-state index in [2.05, 4.69) is 17.2 Å². The van der Waals surface area contributed by atoms with Gasteiger partial charge in [-0.25, -0.2) is 0 Å². The minimum absolute atomic E-state index is 0.598. The van der Waals surface area contributed by atoms with Crippen molar-refractivity contribution < 1.29 is 0 Å². The normalized spacial score (nSPS) is 9.39. The molecule has 0 aliphatic heterocycles. The standard InChI is InChI=1S/C16H16N2/c17-13-7-6-9-14-8-4-5-12-16(14)18-15-10-2-1-3-11-15/h1-5,8,10-12,18H,7,13,17H2. The summed E-state index contributed by atoms with van der Waals surface area (Å²) in [5, 5.41) is 3.37. The van der Waals surface area contributed by atoms with E-state index >= 15 is 0 Å². The van der Waals surface area contributed by atoms with Gasteiger partial charge < -0.3 is 11.1 Å². The third kappa shape index (κ3) is 3.38. The molecule has 0 saturated heterocycles. The molecule has 2 rings (SSSR count). The number of hydrogen-bond donors (Lipinski definition) is 2. The Balaban J connectivity index is 2.21. The maximum Gasteiger partial charge on any atom is 0.0543 e. The molecular weight excluding hydrogens is 220 g/mol. The summed E-state index contributed by atoms with van der Waals surface area (Å²) in [5.74, 6) is 6.20. The van der Waals surface area contributed by atoms with Crippen molar-refractivity contribution in [2.45, 2.75) is 6.42 Å². The van der Waals surface area contributed by atoms with Crippen LogP contribution >= 0.6 is 0 Å². The first-order chi connectivity index (χ1) is 8.90. The first kappa shape index (κ1) is 12.2. The van der Waals surface area contributed by atoms with Crippen LogP contribution in [0.2, 0.25) is 0 Å². The number of para-hydroxylation sites is 2. The number of nitrogens with one attached hydrogen (secondary N) is 1. The average Bonchev–Trinajstić information content (AvgIpc) is 2.42. The molecule has 0 bridgehead atoms. The largest absolute Gasteiger partial charge is 0.355 e. The van der Waals surface area contributed by atoms with Gasteiger partial charge in [0.05, 0.1) is 5.69 Å². The Bertz CT molecular complexity index is 550. The first-order valence-electron chi connectivity index (χ1n) is 6.00. The molecule has 0 spiro atoms. The second kappa shape index (κ2) is 6.48. The number of anilines is 2. The highest BCUT2D eigenvalue weighted by Gasteiger charge is 1.98. The van der Waals surface area contributed by atoms with Gasteiger partial charge in [0, 0.05) is 24.2 Å². The molecule has 0 unspecified atom stereocenters. The van der Waals surface area contributed by atoms with Gasteiger partial charge >= 0.3 is 0 Å². The van der Waals surface area contributed by atoms with Crippen molar-refractivity contribution in [1.82, 2.24) is 0 Å². The topological polar surface area (TPSA) is 38.0 Å². The van der Waals surface area contributed by atoms with Crippen LogP contribution in [0, 0.1) is 11.8 Å². The van der Waals surface area contributed by atoms with E-state index in [0.717, 1.165) is 23.4 Å². The van der Waals surface area contributed by atoms with Crippen LogP contribution in [0.5, 0.6) is 0 Å². The van der Waals surface area contributed by atoms with Gasteiger partial charge in [0.15, 0.2) is 0 Å².